The van der Waals surface area contributed by atoms with Crippen molar-refractivity contribution in [3.8, 4) is 0 Å². The molecule has 0 spiro atoms. The molecular weight excluding hydrogens is 244 g/mol. The summed E-state index contributed by atoms with van der Waals surface area (Å²) in [6.45, 7) is 1.58. The fourth-order valence-corrected chi connectivity index (χ4v) is 2.78. The van der Waals surface area contributed by atoms with Crippen molar-refractivity contribution in [3.63, 3.8) is 0 Å². The predicted molar refractivity (Wildman–Crippen MR) is 67.3 cm³/mol. The summed E-state index contributed by atoms with van der Waals surface area (Å²) in [5, 5.41) is 0.606. The Labute approximate surface area is 103 Å². The van der Waals surface area contributed by atoms with E-state index in [9.17, 15) is 9.00 Å². The lowest BCUT2D eigenvalue weighted by Gasteiger charge is -2.02. The highest BCUT2D eigenvalue weighted by atomic mass is 35.5. The minimum atomic E-state index is -1.00. The van der Waals surface area contributed by atoms with Gasteiger partial charge in [-0.25, -0.2) is 0 Å². The predicted octanol–water partition coefficient (Wildman–Crippen LogP) is 3.21. The molecule has 1 atom stereocenters. The van der Waals surface area contributed by atoms with Gasteiger partial charge in [-0.15, -0.1) is 0 Å². The maximum absolute atomic E-state index is 11.8. The third kappa shape index (κ3) is 4.90. The SMILES string of the molecule is CC(=O)CCCCS(=O)c1cccc(Cl)c1. The fourth-order valence-electron chi connectivity index (χ4n) is 1.33. The fraction of sp³-hybridized carbons (Fsp3) is 0.417. The Morgan fingerprint density at radius 2 is 2.12 bits per heavy atom. The van der Waals surface area contributed by atoms with Gasteiger partial charge in [0.2, 0.25) is 0 Å². The molecule has 0 aliphatic rings. The van der Waals surface area contributed by atoms with E-state index in [1.54, 1.807) is 25.1 Å². The van der Waals surface area contributed by atoms with Crippen molar-refractivity contribution in [3.05, 3.63) is 29.3 Å². The summed E-state index contributed by atoms with van der Waals surface area (Å²) in [6, 6.07) is 7.10. The number of Topliss-reactive ketones (excluding diaryl/α,β-unsaturated/α-hetero) is 1. The van der Waals surface area contributed by atoms with Crippen molar-refractivity contribution in [1.82, 2.24) is 0 Å². The number of halogens is 1. The first-order chi connectivity index (χ1) is 7.59. The van der Waals surface area contributed by atoms with Crippen molar-refractivity contribution in [2.45, 2.75) is 31.1 Å². The Kier molecular flexibility index (Phi) is 5.71. The molecule has 0 aliphatic carbocycles. The summed E-state index contributed by atoms with van der Waals surface area (Å²) in [5.74, 6) is 0.779. The van der Waals surface area contributed by atoms with Crippen LogP contribution in [0.4, 0.5) is 0 Å². The minimum Gasteiger partial charge on any atom is -0.300 e. The number of hydrogen-bond acceptors (Lipinski definition) is 2. The van der Waals surface area contributed by atoms with E-state index in [4.69, 9.17) is 11.6 Å². The van der Waals surface area contributed by atoms with Crippen LogP contribution < -0.4 is 0 Å². The molecule has 16 heavy (non-hydrogen) atoms. The topological polar surface area (TPSA) is 34.1 Å². The van der Waals surface area contributed by atoms with E-state index in [-0.39, 0.29) is 5.78 Å². The first-order valence-corrected chi connectivity index (χ1v) is 6.92. The average Bonchev–Trinajstić information content (AvgIpc) is 2.24. The molecule has 88 valence electrons. The largest absolute Gasteiger partial charge is 0.300 e. The Hall–Kier alpha value is -0.670. The van der Waals surface area contributed by atoms with Gasteiger partial charge in [0.1, 0.15) is 5.78 Å². The first-order valence-electron chi connectivity index (χ1n) is 5.23. The number of hydrogen-bond donors (Lipinski definition) is 0. The van der Waals surface area contributed by atoms with Crippen LogP contribution in [-0.2, 0) is 15.6 Å². The van der Waals surface area contributed by atoms with Gasteiger partial charge < -0.3 is 4.79 Å². The second-order valence-electron chi connectivity index (χ2n) is 3.67. The van der Waals surface area contributed by atoms with Gasteiger partial charge in [0.15, 0.2) is 0 Å². The monoisotopic (exact) mass is 258 g/mol. The summed E-state index contributed by atoms with van der Waals surface area (Å²) in [7, 11) is -1.00. The smallest absolute Gasteiger partial charge is 0.129 e. The second-order valence-corrected chi connectivity index (χ2v) is 5.67. The van der Waals surface area contributed by atoms with Gasteiger partial charge in [-0.3, -0.25) is 4.21 Å². The van der Waals surface area contributed by atoms with Gasteiger partial charge in [-0.2, -0.15) is 0 Å². The third-order valence-electron chi connectivity index (χ3n) is 2.17. The van der Waals surface area contributed by atoms with E-state index < -0.39 is 10.8 Å². The molecule has 0 fully saturated rings. The van der Waals surface area contributed by atoms with Gasteiger partial charge in [-0.05, 0) is 38.0 Å². The highest BCUT2D eigenvalue weighted by Gasteiger charge is 2.04. The second kappa shape index (κ2) is 6.81. The van der Waals surface area contributed by atoms with Crippen molar-refractivity contribution < 1.29 is 9.00 Å². The standard InChI is InChI=1S/C12H15ClO2S/c1-10(14)5-2-3-8-16(15)12-7-4-6-11(13)9-12/h4,6-7,9H,2-3,5,8H2,1H3. The summed E-state index contributed by atoms with van der Waals surface area (Å²) < 4.78 is 11.8. The van der Waals surface area contributed by atoms with E-state index >= 15 is 0 Å². The number of carbonyl (C=O) groups is 1. The van der Waals surface area contributed by atoms with Crippen LogP contribution >= 0.6 is 11.6 Å². The van der Waals surface area contributed by atoms with E-state index in [1.807, 2.05) is 6.07 Å². The highest BCUT2D eigenvalue weighted by molar-refractivity contribution is 7.85. The molecule has 0 radical (unpaired) electrons. The molecule has 1 unspecified atom stereocenters. The lowest BCUT2D eigenvalue weighted by molar-refractivity contribution is -0.117. The van der Waals surface area contributed by atoms with E-state index in [2.05, 4.69) is 0 Å². The molecule has 1 rings (SSSR count). The minimum absolute atomic E-state index is 0.188. The van der Waals surface area contributed by atoms with Crippen LogP contribution in [0.25, 0.3) is 0 Å². The molecule has 2 nitrogen and oxygen atoms in total. The molecule has 0 aliphatic heterocycles. The Morgan fingerprint density at radius 3 is 2.75 bits per heavy atom. The highest BCUT2D eigenvalue weighted by Crippen LogP contribution is 2.15. The zero-order valence-corrected chi connectivity index (χ0v) is 10.8. The normalized spacial score (nSPS) is 12.4. The van der Waals surface area contributed by atoms with Crippen LogP contribution in [0.5, 0.6) is 0 Å². The lowest BCUT2D eigenvalue weighted by Crippen LogP contribution is -1.99. The maximum atomic E-state index is 11.8. The van der Waals surface area contributed by atoms with Gasteiger partial charge >= 0.3 is 0 Å². The molecule has 1 aromatic carbocycles. The molecule has 0 saturated carbocycles. The van der Waals surface area contributed by atoms with Crippen LogP contribution in [0, 0.1) is 0 Å². The summed E-state index contributed by atoms with van der Waals surface area (Å²) in [4.78, 5) is 11.5. The maximum Gasteiger partial charge on any atom is 0.129 e. The molecule has 0 saturated heterocycles. The quantitative estimate of drug-likeness (QED) is 0.735. The van der Waals surface area contributed by atoms with E-state index in [1.165, 1.54) is 0 Å². The summed E-state index contributed by atoms with van der Waals surface area (Å²) in [5.41, 5.74) is 0. The zero-order valence-electron chi connectivity index (χ0n) is 9.24. The van der Waals surface area contributed by atoms with Crippen LogP contribution in [0.1, 0.15) is 26.2 Å². The summed E-state index contributed by atoms with van der Waals surface area (Å²) >= 11 is 5.81. The van der Waals surface area contributed by atoms with E-state index in [0.29, 0.717) is 17.2 Å². The average molecular weight is 259 g/mol. The van der Waals surface area contributed by atoms with E-state index in [0.717, 1.165) is 17.7 Å². The number of ketones is 1. The third-order valence-corrected chi connectivity index (χ3v) is 3.84. The molecule has 1 aromatic rings. The van der Waals surface area contributed by atoms with Gasteiger partial charge in [0.05, 0.1) is 10.8 Å². The van der Waals surface area contributed by atoms with Crippen molar-refractivity contribution >= 4 is 28.2 Å². The number of carbonyl (C=O) groups excluding carboxylic acids is 1. The van der Waals surface area contributed by atoms with Gasteiger partial charge in [0, 0.05) is 22.1 Å². The molecule has 4 heteroatoms. The Balaban J connectivity index is 2.38. The molecule has 0 N–H and O–H groups in total. The number of unbranched alkanes of at least 4 members (excludes halogenated alkanes) is 1. The van der Waals surface area contributed by atoms with Crippen LogP contribution in [0.15, 0.2) is 29.2 Å². The van der Waals surface area contributed by atoms with Gasteiger partial charge in [-0.1, -0.05) is 17.7 Å². The first kappa shape index (κ1) is 13.4. The molecule has 0 aromatic heterocycles. The molecular formula is C12H15ClO2S. The lowest BCUT2D eigenvalue weighted by atomic mass is 10.2. The number of benzene rings is 1. The summed E-state index contributed by atoms with van der Waals surface area (Å²) in [6.07, 6.45) is 2.19. The van der Waals surface area contributed by atoms with Crippen molar-refractivity contribution in [2.24, 2.45) is 0 Å². The molecule has 0 bridgehead atoms. The Morgan fingerprint density at radius 1 is 1.38 bits per heavy atom. The van der Waals surface area contributed by atoms with Crippen molar-refractivity contribution in [2.75, 3.05) is 5.75 Å². The number of rotatable bonds is 6. The zero-order chi connectivity index (χ0) is 12.0. The molecule has 0 amide bonds. The van der Waals surface area contributed by atoms with Crippen molar-refractivity contribution in [1.29, 1.82) is 0 Å². The molecule has 0 heterocycles. The Bertz CT molecular complexity index is 390. The van der Waals surface area contributed by atoms with Crippen LogP contribution in [0.3, 0.4) is 0 Å². The van der Waals surface area contributed by atoms with Crippen LogP contribution in [-0.4, -0.2) is 15.7 Å². The van der Waals surface area contributed by atoms with Crippen LogP contribution in [0.2, 0.25) is 5.02 Å². The van der Waals surface area contributed by atoms with Gasteiger partial charge in [0.25, 0.3) is 0 Å².